The summed E-state index contributed by atoms with van der Waals surface area (Å²) < 4.78 is 0. The fraction of sp³-hybridized carbons (Fsp3) is 0.783. The molecule has 1 aliphatic rings. The van der Waals surface area contributed by atoms with Crippen molar-refractivity contribution in [3.63, 3.8) is 0 Å². The van der Waals surface area contributed by atoms with Crippen LogP contribution in [0, 0.1) is 16.7 Å². The third kappa shape index (κ3) is 7.48. The minimum absolute atomic E-state index is 0.411. The second-order valence-corrected chi connectivity index (χ2v) is 10.3. The van der Waals surface area contributed by atoms with Gasteiger partial charge in [0.1, 0.15) is 0 Å². The fourth-order valence-electron chi connectivity index (χ4n) is 4.23. The molecule has 0 bridgehead atoms. The Hall–Kier alpha value is -0.890. The van der Waals surface area contributed by atoms with Crippen LogP contribution in [0.1, 0.15) is 79.2 Å². The molecule has 0 aromatic carbocycles. The first-order chi connectivity index (χ1) is 11.6. The van der Waals surface area contributed by atoms with E-state index >= 15 is 0 Å². The largest absolute Gasteiger partial charge is 0.300 e. The lowest BCUT2D eigenvalue weighted by Gasteiger charge is -2.30. The van der Waals surface area contributed by atoms with Gasteiger partial charge >= 0.3 is 0 Å². The van der Waals surface area contributed by atoms with Crippen molar-refractivity contribution in [1.82, 2.24) is 9.88 Å². The van der Waals surface area contributed by atoms with Crippen LogP contribution in [0.4, 0.5) is 0 Å². The van der Waals surface area contributed by atoms with Gasteiger partial charge in [0.25, 0.3) is 0 Å². The van der Waals surface area contributed by atoms with Gasteiger partial charge in [0.15, 0.2) is 0 Å². The third-order valence-corrected chi connectivity index (χ3v) is 5.89. The van der Waals surface area contributed by atoms with E-state index in [1.807, 2.05) is 18.5 Å². The van der Waals surface area contributed by atoms with Crippen LogP contribution in [0.2, 0.25) is 0 Å². The van der Waals surface area contributed by atoms with Gasteiger partial charge < -0.3 is 4.90 Å². The molecule has 2 unspecified atom stereocenters. The molecule has 25 heavy (non-hydrogen) atoms. The van der Waals surface area contributed by atoms with E-state index in [9.17, 15) is 0 Å². The minimum Gasteiger partial charge on any atom is -0.300 e. The first kappa shape index (κ1) is 20.4. The van der Waals surface area contributed by atoms with E-state index in [1.165, 1.54) is 50.8 Å². The summed E-state index contributed by atoms with van der Waals surface area (Å²) in [5.41, 5.74) is 2.25. The van der Waals surface area contributed by atoms with Crippen molar-refractivity contribution in [3.05, 3.63) is 30.1 Å². The quantitative estimate of drug-likeness (QED) is 0.578. The summed E-state index contributed by atoms with van der Waals surface area (Å²) in [6, 6.07) is 4.97. The van der Waals surface area contributed by atoms with Crippen molar-refractivity contribution in [3.8, 4) is 0 Å². The highest BCUT2D eigenvalue weighted by molar-refractivity contribution is 5.08. The van der Waals surface area contributed by atoms with Gasteiger partial charge in [0.2, 0.25) is 0 Å². The predicted octanol–water partition coefficient (Wildman–Crippen LogP) is 5.97. The SMILES string of the molecule is CC(CCC(C)(C)CCc1cccnc1)N1CCC(CC(C)(C)C)C1. The summed E-state index contributed by atoms with van der Waals surface area (Å²) in [6.45, 7) is 17.1. The maximum atomic E-state index is 4.24. The van der Waals surface area contributed by atoms with Crippen LogP contribution < -0.4 is 0 Å². The average molecular weight is 345 g/mol. The van der Waals surface area contributed by atoms with E-state index in [-0.39, 0.29) is 0 Å². The smallest absolute Gasteiger partial charge is 0.0299 e. The van der Waals surface area contributed by atoms with Gasteiger partial charge in [-0.3, -0.25) is 4.98 Å². The molecule has 1 fully saturated rings. The van der Waals surface area contributed by atoms with Crippen LogP contribution in [0.5, 0.6) is 0 Å². The van der Waals surface area contributed by atoms with Crippen molar-refractivity contribution >= 4 is 0 Å². The first-order valence-corrected chi connectivity index (χ1v) is 10.3. The van der Waals surface area contributed by atoms with Crippen molar-refractivity contribution in [2.45, 2.75) is 86.1 Å². The Labute approximate surface area is 156 Å². The van der Waals surface area contributed by atoms with E-state index in [1.54, 1.807) is 0 Å². The lowest BCUT2D eigenvalue weighted by molar-refractivity contribution is 0.193. The molecule has 0 spiro atoms. The monoisotopic (exact) mass is 344 g/mol. The number of hydrogen-bond donors (Lipinski definition) is 0. The van der Waals surface area contributed by atoms with Crippen molar-refractivity contribution in [1.29, 1.82) is 0 Å². The molecular weight excluding hydrogens is 304 g/mol. The molecule has 1 aromatic rings. The van der Waals surface area contributed by atoms with E-state index in [4.69, 9.17) is 0 Å². The number of nitrogens with zero attached hydrogens (tertiary/aromatic N) is 2. The van der Waals surface area contributed by atoms with Gasteiger partial charge in [0.05, 0.1) is 0 Å². The molecule has 0 aliphatic carbocycles. The Morgan fingerprint density at radius 2 is 1.96 bits per heavy atom. The van der Waals surface area contributed by atoms with E-state index in [0.29, 0.717) is 10.8 Å². The Kier molecular flexibility index (Phi) is 7.08. The Morgan fingerprint density at radius 1 is 1.20 bits per heavy atom. The summed E-state index contributed by atoms with van der Waals surface area (Å²) in [7, 11) is 0. The molecule has 1 aliphatic heterocycles. The van der Waals surface area contributed by atoms with Crippen LogP contribution in [-0.4, -0.2) is 29.0 Å². The molecule has 2 heteroatoms. The number of aromatic nitrogens is 1. The lowest BCUT2D eigenvalue weighted by Crippen LogP contribution is -2.32. The van der Waals surface area contributed by atoms with Gasteiger partial charge in [-0.05, 0) is 80.4 Å². The van der Waals surface area contributed by atoms with Crippen LogP contribution in [-0.2, 0) is 6.42 Å². The standard InChI is InChI=1S/C23H40N2/c1-19(25-15-11-21(18-25)16-22(2,3)4)9-12-23(5,6)13-10-20-8-7-14-24-17-20/h7-8,14,17,19,21H,9-13,15-16,18H2,1-6H3. The molecule has 142 valence electrons. The second kappa shape index (κ2) is 8.66. The second-order valence-electron chi connectivity index (χ2n) is 10.3. The molecule has 2 nitrogen and oxygen atoms in total. The van der Waals surface area contributed by atoms with Crippen molar-refractivity contribution in [2.24, 2.45) is 16.7 Å². The number of likely N-dealkylation sites (tertiary alicyclic amines) is 1. The first-order valence-electron chi connectivity index (χ1n) is 10.3. The van der Waals surface area contributed by atoms with Gasteiger partial charge in [-0.15, -0.1) is 0 Å². The van der Waals surface area contributed by atoms with Crippen molar-refractivity contribution < 1.29 is 0 Å². The molecule has 0 amide bonds. The molecule has 1 aromatic heterocycles. The highest BCUT2D eigenvalue weighted by atomic mass is 15.2. The topological polar surface area (TPSA) is 16.1 Å². The average Bonchev–Trinajstić information content (AvgIpc) is 2.98. The summed E-state index contributed by atoms with van der Waals surface area (Å²) in [5.74, 6) is 0.904. The highest BCUT2D eigenvalue weighted by Gasteiger charge is 2.29. The zero-order chi connectivity index (χ0) is 18.5. The highest BCUT2D eigenvalue weighted by Crippen LogP contribution is 2.33. The Morgan fingerprint density at radius 3 is 2.60 bits per heavy atom. The molecule has 0 radical (unpaired) electrons. The van der Waals surface area contributed by atoms with E-state index in [2.05, 4.69) is 57.5 Å². The summed E-state index contributed by atoms with van der Waals surface area (Å²) in [5, 5.41) is 0. The van der Waals surface area contributed by atoms with Crippen LogP contribution >= 0.6 is 0 Å². The molecule has 0 N–H and O–H groups in total. The van der Waals surface area contributed by atoms with E-state index in [0.717, 1.165) is 18.4 Å². The number of rotatable bonds is 8. The summed E-state index contributed by atoms with van der Waals surface area (Å²) in [6.07, 6.45) is 11.7. The van der Waals surface area contributed by atoms with Gasteiger partial charge in [-0.25, -0.2) is 0 Å². The minimum atomic E-state index is 0.411. The number of pyridine rings is 1. The van der Waals surface area contributed by atoms with Crippen molar-refractivity contribution in [2.75, 3.05) is 13.1 Å². The zero-order valence-electron chi connectivity index (χ0n) is 17.5. The predicted molar refractivity (Wildman–Crippen MR) is 109 cm³/mol. The third-order valence-electron chi connectivity index (χ3n) is 5.89. The maximum Gasteiger partial charge on any atom is 0.0299 e. The molecule has 1 saturated heterocycles. The van der Waals surface area contributed by atoms with Crippen LogP contribution in [0.25, 0.3) is 0 Å². The van der Waals surface area contributed by atoms with Gasteiger partial charge in [0, 0.05) is 25.0 Å². The summed E-state index contributed by atoms with van der Waals surface area (Å²) in [4.78, 5) is 6.98. The number of hydrogen-bond acceptors (Lipinski definition) is 2. The molecule has 2 atom stereocenters. The Balaban J connectivity index is 1.72. The lowest BCUT2D eigenvalue weighted by atomic mass is 9.81. The normalized spacial score (nSPS) is 20.8. The van der Waals surface area contributed by atoms with Crippen LogP contribution in [0.15, 0.2) is 24.5 Å². The Bertz CT molecular complexity index is 501. The van der Waals surface area contributed by atoms with Gasteiger partial charge in [-0.1, -0.05) is 40.7 Å². The van der Waals surface area contributed by atoms with Crippen LogP contribution in [0.3, 0.4) is 0 Å². The maximum absolute atomic E-state index is 4.24. The molecule has 0 saturated carbocycles. The number of aryl methyl sites for hydroxylation is 1. The molecular formula is C23H40N2. The fourth-order valence-corrected chi connectivity index (χ4v) is 4.23. The zero-order valence-corrected chi connectivity index (χ0v) is 17.5. The summed E-state index contributed by atoms with van der Waals surface area (Å²) >= 11 is 0. The van der Waals surface area contributed by atoms with E-state index < -0.39 is 0 Å². The molecule has 2 heterocycles. The van der Waals surface area contributed by atoms with Gasteiger partial charge in [-0.2, -0.15) is 0 Å². The molecule has 2 rings (SSSR count).